The molecule has 1 fully saturated rings. The molecule has 1 heterocycles. The molecule has 96 valence electrons. The van der Waals surface area contributed by atoms with Gasteiger partial charge in [0.1, 0.15) is 0 Å². The van der Waals surface area contributed by atoms with E-state index in [0.29, 0.717) is 6.10 Å². The van der Waals surface area contributed by atoms with Crippen molar-refractivity contribution in [1.82, 2.24) is 4.90 Å². The molecule has 0 aromatic carbocycles. The van der Waals surface area contributed by atoms with E-state index in [9.17, 15) is 0 Å². The van der Waals surface area contributed by atoms with E-state index in [1.807, 2.05) is 0 Å². The SMILES string of the molecule is CCOC1CCN(CCCCCCCl)CC1. The molecule has 0 aromatic heterocycles. The average Bonchev–Trinajstić information content (AvgIpc) is 2.31. The number of piperidine rings is 1. The lowest BCUT2D eigenvalue weighted by Gasteiger charge is -2.31. The minimum Gasteiger partial charge on any atom is -0.378 e. The third-order valence-corrected chi connectivity index (χ3v) is 3.56. The fraction of sp³-hybridized carbons (Fsp3) is 1.00. The van der Waals surface area contributed by atoms with Gasteiger partial charge in [0, 0.05) is 25.6 Å². The molecule has 1 aliphatic heterocycles. The van der Waals surface area contributed by atoms with E-state index < -0.39 is 0 Å². The van der Waals surface area contributed by atoms with Crippen molar-refractivity contribution in [2.45, 2.75) is 51.6 Å². The molecule has 0 aliphatic carbocycles. The van der Waals surface area contributed by atoms with E-state index in [-0.39, 0.29) is 0 Å². The smallest absolute Gasteiger partial charge is 0.0599 e. The summed E-state index contributed by atoms with van der Waals surface area (Å²) in [5, 5.41) is 0. The Labute approximate surface area is 105 Å². The van der Waals surface area contributed by atoms with E-state index in [2.05, 4.69) is 11.8 Å². The molecule has 1 rings (SSSR count). The Hall–Kier alpha value is 0.210. The number of likely N-dealkylation sites (tertiary alicyclic amines) is 1. The zero-order valence-corrected chi connectivity index (χ0v) is 11.3. The van der Waals surface area contributed by atoms with Crippen molar-refractivity contribution in [2.75, 3.05) is 32.1 Å². The number of hydrogen-bond donors (Lipinski definition) is 0. The molecule has 3 heteroatoms. The van der Waals surface area contributed by atoms with Crippen LogP contribution in [0.15, 0.2) is 0 Å². The third-order valence-electron chi connectivity index (χ3n) is 3.29. The molecule has 0 amide bonds. The van der Waals surface area contributed by atoms with Crippen molar-refractivity contribution in [3.63, 3.8) is 0 Å². The fourth-order valence-electron chi connectivity index (χ4n) is 2.32. The van der Waals surface area contributed by atoms with Crippen molar-refractivity contribution >= 4 is 11.6 Å². The van der Waals surface area contributed by atoms with Gasteiger partial charge in [0.2, 0.25) is 0 Å². The van der Waals surface area contributed by atoms with Gasteiger partial charge in [0.05, 0.1) is 6.10 Å². The van der Waals surface area contributed by atoms with Crippen molar-refractivity contribution in [2.24, 2.45) is 0 Å². The zero-order chi connectivity index (χ0) is 11.6. The summed E-state index contributed by atoms with van der Waals surface area (Å²) in [5.41, 5.74) is 0. The first kappa shape index (κ1) is 14.3. The second kappa shape index (κ2) is 9.26. The number of rotatable bonds is 8. The molecule has 16 heavy (non-hydrogen) atoms. The molecule has 0 bridgehead atoms. The molecular weight excluding hydrogens is 222 g/mol. The molecule has 0 unspecified atom stereocenters. The topological polar surface area (TPSA) is 12.5 Å². The summed E-state index contributed by atoms with van der Waals surface area (Å²) in [7, 11) is 0. The summed E-state index contributed by atoms with van der Waals surface area (Å²) >= 11 is 5.65. The maximum Gasteiger partial charge on any atom is 0.0599 e. The lowest BCUT2D eigenvalue weighted by molar-refractivity contribution is 0.0140. The summed E-state index contributed by atoms with van der Waals surface area (Å²) in [4.78, 5) is 2.58. The minimum absolute atomic E-state index is 0.525. The van der Waals surface area contributed by atoms with Gasteiger partial charge in [-0.05, 0) is 39.2 Å². The second-order valence-corrected chi connectivity index (χ2v) is 4.98. The standard InChI is InChI=1S/C13H26ClNO/c1-2-16-13-7-11-15(12-8-13)10-6-4-3-5-9-14/h13H,2-12H2,1H3. The van der Waals surface area contributed by atoms with Crippen LogP contribution in [0.4, 0.5) is 0 Å². The largest absolute Gasteiger partial charge is 0.378 e. The quantitative estimate of drug-likeness (QED) is 0.482. The van der Waals surface area contributed by atoms with Crippen LogP contribution in [0.1, 0.15) is 45.4 Å². The molecule has 0 atom stereocenters. The van der Waals surface area contributed by atoms with Crippen molar-refractivity contribution in [1.29, 1.82) is 0 Å². The van der Waals surface area contributed by atoms with E-state index in [1.54, 1.807) is 0 Å². The average molecular weight is 248 g/mol. The first-order valence-electron chi connectivity index (χ1n) is 6.76. The van der Waals surface area contributed by atoms with E-state index in [1.165, 1.54) is 58.2 Å². The molecular formula is C13H26ClNO. The van der Waals surface area contributed by atoms with Gasteiger partial charge >= 0.3 is 0 Å². The lowest BCUT2D eigenvalue weighted by atomic mass is 10.1. The van der Waals surface area contributed by atoms with Gasteiger partial charge in [-0.3, -0.25) is 0 Å². The Morgan fingerprint density at radius 3 is 2.44 bits per heavy atom. The normalized spacial score (nSPS) is 19.1. The Bertz CT molecular complexity index is 158. The maximum absolute atomic E-state index is 5.65. The number of alkyl halides is 1. The Morgan fingerprint density at radius 2 is 1.81 bits per heavy atom. The summed E-state index contributed by atoms with van der Waals surface area (Å²) < 4.78 is 5.65. The molecule has 0 N–H and O–H groups in total. The molecule has 2 nitrogen and oxygen atoms in total. The van der Waals surface area contributed by atoms with Crippen LogP contribution >= 0.6 is 11.6 Å². The Morgan fingerprint density at radius 1 is 1.12 bits per heavy atom. The summed E-state index contributed by atoms with van der Waals surface area (Å²) in [5.74, 6) is 0.819. The van der Waals surface area contributed by atoms with Crippen LogP contribution in [-0.4, -0.2) is 43.1 Å². The molecule has 0 aromatic rings. The molecule has 0 radical (unpaired) electrons. The second-order valence-electron chi connectivity index (χ2n) is 4.60. The van der Waals surface area contributed by atoms with Crippen LogP contribution in [0.3, 0.4) is 0 Å². The van der Waals surface area contributed by atoms with Gasteiger partial charge in [-0.2, -0.15) is 0 Å². The van der Waals surface area contributed by atoms with Gasteiger partial charge < -0.3 is 9.64 Å². The van der Waals surface area contributed by atoms with Crippen molar-refractivity contribution < 1.29 is 4.74 Å². The van der Waals surface area contributed by atoms with E-state index >= 15 is 0 Å². The van der Waals surface area contributed by atoms with Gasteiger partial charge in [-0.1, -0.05) is 12.8 Å². The highest BCUT2D eigenvalue weighted by atomic mass is 35.5. The van der Waals surface area contributed by atoms with Gasteiger partial charge in [-0.15, -0.1) is 11.6 Å². The highest BCUT2D eigenvalue weighted by molar-refractivity contribution is 6.17. The monoisotopic (exact) mass is 247 g/mol. The number of ether oxygens (including phenoxy) is 1. The minimum atomic E-state index is 0.525. The lowest BCUT2D eigenvalue weighted by Crippen LogP contribution is -2.37. The summed E-state index contributed by atoms with van der Waals surface area (Å²) in [6.45, 7) is 6.66. The number of nitrogens with zero attached hydrogens (tertiary/aromatic N) is 1. The van der Waals surface area contributed by atoms with Gasteiger partial charge in [0.15, 0.2) is 0 Å². The van der Waals surface area contributed by atoms with E-state index in [0.717, 1.165) is 12.5 Å². The van der Waals surface area contributed by atoms with Crippen molar-refractivity contribution in [3.05, 3.63) is 0 Å². The van der Waals surface area contributed by atoms with Crippen molar-refractivity contribution in [3.8, 4) is 0 Å². The highest BCUT2D eigenvalue weighted by Gasteiger charge is 2.18. The Kier molecular flexibility index (Phi) is 8.26. The zero-order valence-electron chi connectivity index (χ0n) is 10.6. The molecule has 0 spiro atoms. The van der Waals surface area contributed by atoms with Crippen LogP contribution < -0.4 is 0 Å². The maximum atomic E-state index is 5.65. The fourth-order valence-corrected chi connectivity index (χ4v) is 2.51. The van der Waals surface area contributed by atoms with Crippen LogP contribution in [0.5, 0.6) is 0 Å². The van der Waals surface area contributed by atoms with Crippen LogP contribution in [0.25, 0.3) is 0 Å². The van der Waals surface area contributed by atoms with Crippen LogP contribution in [-0.2, 0) is 4.74 Å². The predicted octanol–water partition coefficient (Wildman–Crippen LogP) is 3.29. The molecule has 1 aliphatic rings. The molecule has 0 saturated carbocycles. The Balaban J connectivity index is 1.95. The van der Waals surface area contributed by atoms with Crippen LogP contribution in [0, 0.1) is 0 Å². The van der Waals surface area contributed by atoms with Crippen LogP contribution in [0.2, 0.25) is 0 Å². The summed E-state index contributed by atoms with van der Waals surface area (Å²) in [6, 6.07) is 0. The highest BCUT2D eigenvalue weighted by Crippen LogP contribution is 2.14. The molecule has 1 saturated heterocycles. The first-order chi connectivity index (χ1) is 7.86. The van der Waals surface area contributed by atoms with E-state index in [4.69, 9.17) is 16.3 Å². The predicted molar refractivity (Wildman–Crippen MR) is 70.3 cm³/mol. The summed E-state index contributed by atoms with van der Waals surface area (Å²) in [6.07, 6.45) is 8.09. The number of halogens is 1. The van der Waals surface area contributed by atoms with Gasteiger partial charge in [-0.25, -0.2) is 0 Å². The third kappa shape index (κ3) is 6.07. The van der Waals surface area contributed by atoms with Gasteiger partial charge in [0.25, 0.3) is 0 Å². The number of hydrogen-bond acceptors (Lipinski definition) is 2. The number of unbranched alkanes of at least 4 members (excludes halogenated alkanes) is 3. The first-order valence-corrected chi connectivity index (χ1v) is 7.30.